The maximum Gasteiger partial charge on any atom is 0.199 e. The van der Waals surface area contributed by atoms with Crippen LogP contribution in [-0.2, 0) is 0 Å². The van der Waals surface area contributed by atoms with E-state index >= 15 is 0 Å². The second kappa shape index (κ2) is 4.98. The zero-order valence-corrected chi connectivity index (χ0v) is 13.8. The Bertz CT molecular complexity index is 829. The largest absolute Gasteiger partial charge is 0.275 e. The molecule has 0 saturated heterocycles. The Morgan fingerprint density at radius 1 is 1.15 bits per heavy atom. The van der Waals surface area contributed by atoms with Gasteiger partial charge in [-0.25, -0.2) is 4.98 Å². The molecule has 0 spiro atoms. The van der Waals surface area contributed by atoms with Gasteiger partial charge in [-0.05, 0) is 32.0 Å². The van der Waals surface area contributed by atoms with Gasteiger partial charge in [-0.15, -0.1) is 10.2 Å². The monoisotopic (exact) mass is 370 g/mol. The van der Waals surface area contributed by atoms with Gasteiger partial charge in [-0.2, -0.15) is 0 Å². The molecule has 3 aromatic rings. The third kappa shape index (κ3) is 2.10. The van der Waals surface area contributed by atoms with Crippen molar-refractivity contribution in [2.24, 2.45) is 0 Å². The summed E-state index contributed by atoms with van der Waals surface area (Å²) in [4.78, 5) is 4.25. The van der Waals surface area contributed by atoms with Crippen molar-refractivity contribution in [3.63, 3.8) is 0 Å². The van der Waals surface area contributed by atoms with E-state index in [0.29, 0.717) is 21.6 Å². The number of aromatic nitrogens is 4. The SMILES string of the molecule is Cc1nc(Cl)c2nnc(-c3ccc(Br)cc3Cl)n2c1C. The van der Waals surface area contributed by atoms with E-state index in [9.17, 15) is 0 Å². The number of halogens is 3. The van der Waals surface area contributed by atoms with Crippen molar-refractivity contribution >= 4 is 44.8 Å². The predicted molar refractivity (Wildman–Crippen MR) is 83.4 cm³/mol. The van der Waals surface area contributed by atoms with Crippen LogP contribution in [0.4, 0.5) is 0 Å². The number of hydrogen-bond acceptors (Lipinski definition) is 3. The summed E-state index contributed by atoms with van der Waals surface area (Å²) in [5.74, 6) is 0.655. The fourth-order valence-electron chi connectivity index (χ4n) is 2.02. The highest BCUT2D eigenvalue weighted by atomic mass is 79.9. The lowest BCUT2D eigenvalue weighted by molar-refractivity contribution is 1.000. The number of hydrogen-bond donors (Lipinski definition) is 0. The van der Waals surface area contributed by atoms with Crippen LogP contribution in [-0.4, -0.2) is 19.6 Å². The first-order valence-electron chi connectivity index (χ1n) is 5.82. The predicted octanol–water partition coefficient (Wildman–Crippen LogP) is 4.48. The Hall–Kier alpha value is -1.17. The first-order chi connectivity index (χ1) is 9.49. The van der Waals surface area contributed by atoms with Crippen molar-refractivity contribution < 1.29 is 0 Å². The molecular weight excluding hydrogens is 363 g/mol. The molecule has 0 unspecified atom stereocenters. The highest BCUT2D eigenvalue weighted by Crippen LogP contribution is 2.31. The summed E-state index contributed by atoms with van der Waals surface area (Å²) in [5.41, 5.74) is 3.09. The van der Waals surface area contributed by atoms with E-state index in [-0.39, 0.29) is 0 Å². The fourth-order valence-corrected chi connectivity index (χ4v) is 3.03. The molecule has 4 nitrogen and oxygen atoms in total. The Balaban J connectivity index is 2.38. The average molecular weight is 372 g/mol. The van der Waals surface area contributed by atoms with Crippen LogP contribution in [0.25, 0.3) is 17.0 Å². The Labute approximate surface area is 133 Å². The first kappa shape index (κ1) is 13.8. The molecule has 20 heavy (non-hydrogen) atoms. The van der Waals surface area contributed by atoms with Crippen LogP contribution in [0.5, 0.6) is 0 Å². The zero-order chi connectivity index (χ0) is 14.4. The minimum Gasteiger partial charge on any atom is -0.275 e. The molecule has 3 rings (SSSR count). The Kier molecular flexibility index (Phi) is 3.44. The number of aryl methyl sites for hydroxylation is 2. The molecule has 0 bridgehead atoms. The van der Waals surface area contributed by atoms with Crippen molar-refractivity contribution in [1.82, 2.24) is 19.6 Å². The van der Waals surface area contributed by atoms with Gasteiger partial charge in [0, 0.05) is 15.7 Å². The second-order valence-electron chi connectivity index (χ2n) is 4.38. The lowest BCUT2D eigenvalue weighted by Gasteiger charge is -2.08. The van der Waals surface area contributed by atoms with Gasteiger partial charge >= 0.3 is 0 Å². The summed E-state index contributed by atoms with van der Waals surface area (Å²) in [6.07, 6.45) is 0. The Morgan fingerprint density at radius 2 is 1.90 bits per heavy atom. The van der Waals surface area contributed by atoms with Crippen molar-refractivity contribution in [1.29, 1.82) is 0 Å². The maximum atomic E-state index is 6.29. The summed E-state index contributed by atoms with van der Waals surface area (Å²) in [6, 6.07) is 5.63. The van der Waals surface area contributed by atoms with E-state index in [1.165, 1.54) is 0 Å². The average Bonchev–Trinajstić information content (AvgIpc) is 2.81. The Morgan fingerprint density at radius 3 is 2.60 bits per heavy atom. The van der Waals surface area contributed by atoms with Crippen LogP contribution < -0.4 is 0 Å². The van der Waals surface area contributed by atoms with Crippen LogP contribution in [0.15, 0.2) is 22.7 Å². The molecule has 102 valence electrons. The van der Waals surface area contributed by atoms with Crippen molar-refractivity contribution in [3.8, 4) is 11.4 Å². The van der Waals surface area contributed by atoms with E-state index in [0.717, 1.165) is 21.4 Å². The minimum atomic E-state index is 0.333. The summed E-state index contributed by atoms with van der Waals surface area (Å²) in [6.45, 7) is 3.85. The van der Waals surface area contributed by atoms with E-state index in [1.807, 2.05) is 36.4 Å². The lowest BCUT2D eigenvalue weighted by atomic mass is 10.2. The summed E-state index contributed by atoms with van der Waals surface area (Å²) >= 11 is 15.8. The quantitative estimate of drug-likeness (QED) is 0.633. The van der Waals surface area contributed by atoms with Gasteiger partial charge in [-0.1, -0.05) is 39.1 Å². The third-order valence-corrected chi connectivity index (χ3v) is 4.20. The molecule has 0 amide bonds. The molecule has 0 aliphatic rings. The summed E-state index contributed by atoms with van der Waals surface area (Å²) < 4.78 is 2.78. The van der Waals surface area contributed by atoms with Crippen LogP contribution in [0.1, 0.15) is 11.4 Å². The minimum absolute atomic E-state index is 0.333. The van der Waals surface area contributed by atoms with Gasteiger partial charge in [0.2, 0.25) is 0 Å². The molecule has 0 aliphatic carbocycles. The van der Waals surface area contributed by atoms with Crippen LogP contribution >= 0.6 is 39.1 Å². The highest BCUT2D eigenvalue weighted by molar-refractivity contribution is 9.10. The van der Waals surface area contributed by atoms with E-state index < -0.39 is 0 Å². The molecule has 0 N–H and O–H groups in total. The first-order valence-corrected chi connectivity index (χ1v) is 7.37. The van der Waals surface area contributed by atoms with Crippen molar-refractivity contribution in [2.45, 2.75) is 13.8 Å². The van der Waals surface area contributed by atoms with Gasteiger partial charge in [0.25, 0.3) is 0 Å². The van der Waals surface area contributed by atoms with Gasteiger partial charge < -0.3 is 0 Å². The van der Waals surface area contributed by atoms with Gasteiger partial charge in [0.05, 0.1) is 10.7 Å². The normalized spacial score (nSPS) is 11.2. The summed E-state index contributed by atoms with van der Waals surface area (Å²) in [7, 11) is 0. The van der Waals surface area contributed by atoms with E-state index in [2.05, 4.69) is 31.1 Å². The molecule has 2 aromatic heterocycles. The van der Waals surface area contributed by atoms with Crippen molar-refractivity contribution in [2.75, 3.05) is 0 Å². The highest BCUT2D eigenvalue weighted by Gasteiger charge is 2.17. The molecule has 7 heteroatoms. The molecule has 0 radical (unpaired) electrons. The van der Waals surface area contributed by atoms with Crippen LogP contribution in [0.2, 0.25) is 10.2 Å². The number of benzene rings is 1. The summed E-state index contributed by atoms with van der Waals surface area (Å²) in [5, 5.41) is 9.25. The topological polar surface area (TPSA) is 43.1 Å². The molecule has 1 aromatic carbocycles. The molecule has 0 aliphatic heterocycles. The molecule has 0 fully saturated rings. The van der Waals surface area contributed by atoms with E-state index in [1.54, 1.807) is 0 Å². The van der Waals surface area contributed by atoms with Crippen LogP contribution in [0.3, 0.4) is 0 Å². The lowest BCUT2D eigenvalue weighted by Crippen LogP contribution is -2.01. The molecule has 0 saturated carbocycles. The van der Waals surface area contributed by atoms with Crippen molar-refractivity contribution in [3.05, 3.63) is 44.2 Å². The number of nitrogens with zero attached hydrogens (tertiary/aromatic N) is 4. The van der Waals surface area contributed by atoms with Gasteiger partial charge in [0.1, 0.15) is 0 Å². The van der Waals surface area contributed by atoms with Crippen LogP contribution in [0, 0.1) is 13.8 Å². The fraction of sp³-hybridized carbons (Fsp3) is 0.154. The van der Waals surface area contributed by atoms with Gasteiger partial charge in [0.15, 0.2) is 16.6 Å². The standard InChI is InChI=1S/C13H9BrCl2N4/c1-6-7(2)20-12(18-19-13(20)11(16)17-6)9-4-3-8(14)5-10(9)15/h3-5H,1-2H3. The van der Waals surface area contributed by atoms with E-state index in [4.69, 9.17) is 23.2 Å². The smallest absolute Gasteiger partial charge is 0.199 e. The third-order valence-electron chi connectivity index (χ3n) is 3.14. The second-order valence-corrected chi connectivity index (χ2v) is 6.06. The molecule has 2 heterocycles. The zero-order valence-electron chi connectivity index (χ0n) is 10.7. The number of rotatable bonds is 1. The molecule has 0 atom stereocenters. The molecular formula is C13H9BrCl2N4. The van der Waals surface area contributed by atoms with Gasteiger partial charge in [-0.3, -0.25) is 4.40 Å². The number of fused-ring (bicyclic) bond motifs is 1. The maximum absolute atomic E-state index is 6.29.